The van der Waals surface area contributed by atoms with Crippen molar-refractivity contribution in [1.29, 1.82) is 0 Å². The minimum Gasteiger partial charge on any atom is -0.474 e. The molecule has 10 nitrogen and oxygen atoms in total. The van der Waals surface area contributed by atoms with Crippen LogP contribution in [0.1, 0.15) is 31.7 Å². The van der Waals surface area contributed by atoms with Crippen molar-refractivity contribution < 1.29 is 4.74 Å². The fraction of sp³-hybridized carbons (Fsp3) is 0.409. The van der Waals surface area contributed by atoms with E-state index in [1.807, 2.05) is 32.7 Å². The largest absolute Gasteiger partial charge is 0.474 e. The standard InChI is InChI=1S/C22H26N8O2/c1-23-20-9-19-18(12-24-20)22(14-10-25-28(2)13-14)27-30(19)15-4-6-17(7-5-15)32-21-8-16(31)11-26-29(21)3/h8-13,15,17H,4-7H2,1-3H3,(H,23,24). The second kappa shape index (κ2) is 8.10. The highest BCUT2D eigenvalue weighted by molar-refractivity contribution is 5.93. The SMILES string of the molecule is CNc1cc2c(cn1)c(-c1cnn(C)c1)nn2C1CCC(Oc2cc(=O)cnn2C)CC1. The lowest BCUT2D eigenvalue weighted by molar-refractivity contribution is 0.119. The molecule has 0 unspecified atom stereocenters. The van der Waals surface area contributed by atoms with E-state index in [4.69, 9.17) is 9.84 Å². The highest BCUT2D eigenvalue weighted by Gasteiger charge is 2.27. The van der Waals surface area contributed by atoms with Crippen LogP contribution < -0.4 is 15.5 Å². The second-order valence-electron chi connectivity index (χ2n) is 8.23. The molecule has 4 heterocycles. The smallest absolute Gasteiger partial charge is 0.214 e. The quantitative estimate of drug-likeness (QED) is 0.515. The van der Waals surface area contributed by atoms with Gasteiger partial charge in [0.2, 0.25) is 11.3 Å². The molecule has 0 atom stereocenters. The summed E-state index contributed by atoms with van der Waals surface area (Å²) in [5.74, 6) is 1.32. The maximum absolute atomic E-state index is 11.6. The number of hydrogen-bond acceptors (Lipinski definition) is 7. The van der Waals surface area contributed by atoms with E-state index in [9.17, 15) is 4.79 Å². The van der Waals surface area contributed by atoms with Crippen LogP contribution in [0.5, 0.6) is 5.88 Å². The normalized spacial score (nSPS) is 18.7. The molecule has 1 N–H and O–H groups in total. The Kier molecular flexibility index (Phi) is 5.12. The number of anilines is 1. The molecule has 1 fully saturated rings. The zero-order chi connectivity index (χ0) is 22.2. The fourth-order valence-electron chi connectivity index (χ4n) is 4.35. The molecule has 1 aliphatic rings. The molecule has 10 heteroatoms. The molecule has 4 aromatic rings. The van der Waals surface area contributed by atoms with Gasteiger partial charge < -0.3 is 10.1 Å². The van der Waals surface area contributed by atoms with Gasteiger partial charge in [0.05, 0.1) is 24.0 Å². The van der Waals surface area contributed by atoms with Gasteiger partial charge in [0.1, 0.15) is 17.6 Å². The molecular weight excluding hydrogens is 408 g/mol. The highest BCUT2D eigenvalue weighted by Crippen LogP contribution is 2.36. The Morgan fingerprint density at radius 1 is 1.06 bits per heavy atom. The molecule has 5 rings (SSSR count). The molecule has 0 spiro atoms. The van der Waals surface area contributed by atoms with Crippen LogP contribution in [-0.2, 0) is 14.1 Å². The monoisotopic (exact) mass is 434 g/mol. The molecule has 1 saturated carbocycles. The predicted molar refractivity (Wildman–Crippen MR) is 121 cm³/mol. The third-order valence-electron chi connectivity index (χ3n) is 6.05. The second-order valence-corrected chi connectivity index (χ2v) is 8.23. The minimum atomic E-state index is -0.147. The first kappa shape index (κ1) is 20.2. The summed E-state index contributed by atoms with van der Waals surface area (Å²) in [6.07, 6.45) is 10.6. The number of hydrogen-bond donors (Lipinski definition) is 1. The third-order valence-corrected chi connectivity index (χ3v) is 6.05. The topological polar surface area (TPSA) is 105 Å². The summed E-state index contributed by atoms with van der Waals surface area (Å²) in [6, 6.07) is 3.80. The van der Waals surface area contributed by atoms with Gasteiger partial charge in [-0.2, -0.15) is 15.3 Å². The van der Waals surface area contributed by atoms with Crippen LogP contribution >= 0.6 is 0 Å². The first-order valence-corrected chi connectivity index (χ1v) is 10.8. The highest BCUT2D eigenvalue weighted by atomic mass is 16.5. The van der Waals surface area contributed by atoms with Crippen molar-refractivity contribution in [1.82, 2.24) is 34.3 Å². The molecule has 0 amide bonds. The lowest BCUT2D eigenvalue weighted by atomic mass is 9.93. The summed E-state index contributed by atoms with van der Waals surface area (Å²) < 4.78 is 11.6. The van der Waals surface area contributed by atoms with E-state index >= 15 is 0 Å². The summed E-state index contributed by atoms with van der Waals surface area (Å²) in [4.78, 5) is 16.1. The average Bonchev–Trinajstić information content (AvgIpc) is 3.40. The Morgan fingerprint density at radius 2 is 1.88 bits per heavy atom. The van der Waals surface area contributed by atoms with Gasteiger partial charge in [-0.05, 0) is 25.7 Å². The van der Waals surface area contributed by atoms with E-state index in [0.29, 0.717) is 5.88 Å². The third kappa shape index (κ3) is 3.72. The van der Waals surface area contributed by atoms with Crippen molar-refractivity contribution in [2.45, 2.75) is 37.8 Å². The Labute approximate surface area is 184 Å². The molecule has 166 valence electrons. The molecule has 0 bridgehead atoms. The maximum Gasteiger partial charge on any atom is 0.214 e. The summed E-state index contributed by atoms with van der Waals surface area (Å²) in [7, 11) is 5.55. The Bertz CT molecular complexity index is 1310. The van der Waals surface area contributed by atoms with Gasteiger partial charge in [-0.25, -0.2) is 9.67 Å². The van der Waals surface area contributed by atoms with E-state index in [1.165, 1.54) is 12.3 Å². The van der Waals surface area contributed by atoms with Crippen LogP contribution in [0.25, 0.3) is 22.2 Å². The number of nitrogens with one attached hydrogen (secondary N) is 1. The average molecular weight is 435 g/mol. The molecule has 32 heavy (non-hydrogen) atoms. The predicted octanol–water partition coefficient (Wildman–Crippen LogP) is 2.53. The van der Waals surface area contributed by atoms with Crippen molar-refractivity contribution in [2.75, 3.05) is 12.4 Å². The number of pyridine rings is 1. The van der Waals surface area contributed by atoms with Crippen LogP contribution in [0.2, 0.25) is 0 Å². The zero-order valence-electron chi connectivity index (χ0n) is 18.4. The van der Waals surface area contributed by atoms with Crippen molar-refractivity contribution in [3.63, 3.8) is 0 Å². The molecule has 0 aromatic carbocycles. The Morgan fingerprint density at radius 3 is 2.59 bits per heavy atom. The molecule has 0 radical (unpaired) electrons. The van der Waals surface area contributed by atoms with Gasteiger partial charge >= 0.3 is 0 Å². The van der Waals surface area contributed by atoms with Gasteiger partial charge in [0.15, 0.2) is 0 Å². The van der Waals surface area contributed by atoms with Gasteiger partial charge in [-0.15, -0.1) is 0 Å². The number of aromatic nitrogens is 7. The first-order valence-electron chi connectivity index (χ1n) is 10.8. The van der Waals surface area contributed by atoms with E-state index in [-0.39, 0.29) is 17.6 Å². The number of ether oxygens (including phenoxy) is 1. The summed E-state index contributed by atoms with van der Waals surface area (Å²) in [6.45, 7) is 0. The number of fused-ring (bicyclic) bond motifs is 1. The van der Waals surface area contributed by atoms with Crippen molar-refractivity contribution >= 4 is 16.7 Å². The fourth-order valence-corrected chi connectivity index (χ4v) is 4.35. The van der Waals surface area contributed by atoms with E-state index in [1.54, 1.807) is 16.4 Å². The lowest BCUT2D eigenvalue weighted by Gasteiger charge is -2.29. The van der Waals surface area contributed by atoms with Crippen LogP contribution in [0.15, 0.2) is 41.7 Å². The zero-order valence-corrected chi connectivity index (χ0v) is 18.4. The van der Waals surface area contributed by atoms with Gasteiger partial charge in [-0.3, -0.25) is 14.2 Å². The van der Waals surface area contributed by atoms with Crippen LogP contribution in [-0.4, -0.2) is 47.5 Å². The Balaban J connectivity index is 1.41. The summed E-state index contributed by atoms with van der Waals surface area (Å²) >= 11 is 0. The molecule has 0 aliphatic heterocycles. The molecular formula is C22H26N8O2. The van der Waals surface area contributed by atoms with Crippen LogP contribution in [0.3, 0.4) is 0 Å². The van der Waals surface area contributed by atoms with Crippen LogP contribution in [0, 0.1) is 0 Å². The molecule has 1 aliphatic carbocycles. The van der Waals surface area contributed by atoms with Gasteiger partial charge in [-0.1, -0.05) is 0 Å². The van der Waals surface area contributed by atoms with Gasteiger partial charge in [0.25, 0.3) is 0 Å². The maximum atomic E-state index is 11.6. The van der Waals surface area contributed by atoms with Crippen molar-refractivity contribution in [3.05, 3.63) is 47.1 Å². The number of rotatable bonds is 5. The number of aryl methyl sites for hydroxylation is 2. The summed E-state index contributed by atoms with van der Waals surface area (Å²) in [5, 5.41) is 17.5. The summed E-state index contributed by atoms with van der Waals surface area (Å²) in [5.41, 5.74) is 2.78. The van der Waals surface area contributed by atoms with E-state index in [2.05, 4.69) is 31.2 Å². The first-order chi connectivity index (χ1) is 15.5. The van der Waals surface area contributed by atoms with Crippen LogP contribution in [0.4, 0.5) is 5.82 Å². The molecule has 4 aromatic heterocycles. The lowest BCUT2D eigenvalue weighted by Crippen LogP contribution is -2.27. The van der Waals surface area contributed by atoms with E-state index < -0.39 is 0 Å². The number of nitrogens with zero attached hydrogens (tertiary/aromatic N) is 7. The minimum absolute atomic E-state index is 0.0511. The van der Waals surface area contributed by atoms with Gasteiger partial charge in [0, 0.05) is 56.6 Å². The molecule has 0 saturated heterocycles. The van der Waals surface area contributed by atoms with Crippen molar-refractivity contribution in [3.8, 4) is 17.1 Å². The Hall–Kier alpha value is -3.69. The van der Waals surface area contributed by atoms with Crippen molar-refractivity contribution in [2.24, 2.45) is 14.1 Å². The van der Waals surface area contributed by atoms with E-state index in [0.717, 1.165) is 53.7 Å².